The lowest BCUT2D eigenvalue weighted by Crippen LogP contribution is -2.38. The highest BCUT2D eigenvalue weighted by Gasteiger charge is 2.54. The number of carbonyl (C=O) groups is 1. The molecule has 2 aliphatic heterocycles. The maximum atomic E-state index is 12.5. The zero-order chi connectivity index (χ0) is 12.8. The number of hydrogen-bond acceptors (Lipinski definition) is 3. The van der Waals surface area contributed by atoms with Crippen LogP contribution in [0, 0.1) is 5.41 Å². The van der Waals surface area contributed by atoms with Gasteiger partial charge in [0.25, 0.3) is 0 Å². The molecule has 0 aliphatic carbocycles. The lowest BCUT2D eigenvalue weighted by atomic mass is 9.79. The van der Waals surface area contributed by atoms with Crippen molar-refractivity contribution in [3.63, 3.8) is 0 Å². The number of nitrogens with zero attached hydrogens (tertiary/aromatic N) is 2. The quantitative estimate of drug-likeness (QED) is 0.672. The van der Waals surface area contributed by atoms with Crippen molar-refractivity contribution in [3.05, 3.63) is 11.8 Å². The molecular formula is C13H22N2OS. The van der Waals surface area contributed by atoms with E-state index in [4.69, 9.17) is 0 Å². The highest BCUT2D eigenvalue weighted by molar-refractivity contribution is 7.99. The van der Waals surface area contributed by atoms with Gasteiger partial charge in [0, 0.05) is 30.0 Å². The molecule has 1 fully saturated rings. The minimum Gasteiger partial charge on any atom is -0.302 e. The molecule has 0 bridgehead atoms. The molecule has 0 aromatic heterocycles. The van der Waals surface area contributed by atoms with Crippen LogP contribution in [0.4, 0.5) is 0 Å². The van der Waals surface area contributed by atoms with E-state index in [1.54, 1.807) is 11.9 Å². The van der Waals surface area contributed by atoms with Crippen molar-refractivity contribution in [2.24, 2.45) is 5.41 Å². The van der Waals surface area contributed by atoms with E-state index in [9.17, 15) is 4.79 Å². The standard InChI is InChI=1S/C13H22N2OS/c1-12(2)11(16)15(17-13(12,3)4)10-6-8-14(5)9-7-10/h6H,7-9H2,1-5H3. The highest BCUT2D eigenvalue weighted by Crippen LogP contribution is 2.53. The fourth-order valence-electron chi connectivity index (χ4n) is 2.03. The Balaban J connectivity index is 2.23. The Labute approximate surface area is 108 Å². The summed E-state index contributed by atoms with van der Waals surface area (Å²) < 4.78 is 1.90. The molecule has 0 radical (unpaired) electrons. The molecule has 96 valence electrons. The van der Waals surface area contributed by atoms with Crippen molar-refractivity contribution in [2.75, 3.05) is 20.1 Å². The van der Waals surface area contributed by atoms with E-state index in [1.807, 2.05) is 4.31 Å². The van der Waals surface area contributed by atoms with Crippen molar-refractivity contribution in [3.8, 4) is 0 Å². The Kier molecular flexibility index (Phi) is 3.07. The second kappa shape index (κ2) is 4.02. The van der Waals surface area contributed by atoms with Crippen molar-refractivity contribution < 1.29 is 4.79 Å². The zero-order valence-corrected chi connectivity index (χ0v) is 12.2. The van der Waals surface area contributed by atoms with Gasteiger partial charge in [0.15, 0.2) is 0 Å². The summed E-state index contributed by atoms with van der Waals surface area (Å²) in [6.07, 6.45) is 3.16. The van der Waals surface area contributed by atoms with E-state index in [1.165, 1.54) is 5.70 Å². The Bertz CT molecular complexity index is 374. The topological polar surface area (TPSA) is 23.6 Å². The van der Waals surface area contributed by atoms with Crippen LogP contribution in [0.1, 0.15) is 34.1 Å². The summed E-state index contributed by atoms with van der Waals surface area (Å²) in [6, 6.07) is 0. The van der Waals surface area contributed by atoms with Gasteiger partial charge in [-0.05, 0) is 52.8 Å². The second-order valence-corrected chi connectivity index (χ2v) is 7.60. The minimum absolute atomic E-state index is 0.0335. The van der Waals surface area contributed by atoms with Crippen LogP contribution in [0.15, 0.2) is 11.8 Å². The first-order chi connectivity index (χ1) is 7.75. The van der Waals surface area contributed by atoms with E-state index in [0.29, 0.717) is 0 Å². The average molecular weight is 254 g/mol. The summed E-state index contributed by atoms with van der Waals surface area (Å²) in [5.41, 5.74) is 0.902. The number of hydrogen-bond donors (Lipinski definition) is 0. The Hall–Kier alpha value is -0.480. The van der Waals surface area contributed by atoms with Crippen molar-refractivity contribution >= 4 is 17.9 Å². The molecule has 0 aromatic rings. The van der Waals surface area contributed by atoms with Crippen LogP contribution in [0.3, 0.4) is 0 Å². The molecule has 2 aliphatic rings. The van der Waals surface area contributed by atoms with Crippen LogP contribution < -0.4 is 0 Å². The van der Waals surface area contributed by atoms with Gasteiger partial charge in [-0.2, -0.15) is 0 Å². The highest BCUT2D eigenvalue weighted by atomic mass is 32.2. The van der Waals surface area contributed by atoms with E-state index in [2.05, 4.69) is 45.7 Å². The predicted octanol–water partition coefficient (Wildman–Crippen LogP) is 2.50. The lowest BCUT2D eigenvalue weighted by molar-refractivity contribution is -0.132. The first-order valence-electron chi connectivity index (χ1n) is 6.17. The van der Waals surface area contributed by atoms with Gasteiger partial charge >= 0.3 is 0 Å². The van der Waals surface area contributed by atoms with Gasteiger partial charge in [-0.25, -0.2) is 0 Å². The maximum absolute atomic E-state index is 12.5. The molecule has 0 unspecified atom stereocenters. The molecular weight excluding hydrogens is 232 g/mol. The monoisotopic (exact) mass is 254 g/mol. The zero-order valence-electron chi connectivity index (χ0n) is 11.4. The molecule has 1 amide bonds. The molecule has 0 saturated carbocycles. The average Bonchev–Trinajstić information content (AvgIpc) is 2.40. The van der Waals surface area contributed by atoms with Gasteiger partial charge in [-0.15, -0.1) is 0 Å². The first kappa shape index (κ1) is 13.0. The van der Waals surface area contributed by atoms with Crippen LogP contribution in [-0.4, -0.2) is 40.0 Å². The maximum Gasteiger partial charge on any atom is 0.243 e. The Morgan fingerprint density at radius 2 is 1.94 bits per heavy atom. The van der Waals surface area contributed by atoms with Gasteiger partial charge < -0.3 is 4.90 Å². The third-order valence-electron chi connectivity index (χ3n) is 4.19. The third kappa shape index (κ3) is 2.02. The SMILES string of the molecule is CN1CC=C(N2SC(C)(C)C(C)(C)C2=O)CC1. The third-order valence-corrected chi connectivity index (χ3v) is 5.74. The first-order valence-corrected chi connectivity index (χ1v) is 6.94. The number of carbonyl (C=O) groups excluding carboxylic acids is 1. The Morgan fingerprint density at radius 1 is 1.29 bits per heavy atom. The second-order valence-electron chi connectivity index (χ2n) is 6.03. The van der Waals surface area contributed by atoms with Crippen LogP contribution in [0.25, 0.3) is 0 Å². The summed E-state index contributed by atoms with van der Waals surface area (Å²) in [6.45, 7) is 10.4. The summed E-state index contributed by atoms with van der Waals surface area (Å²) in [5, 5.41) is 0. The molecule has 0 atom stereocenters. The smallest absolute Gasteiger partial charge is 0.243 e. The molecule has 0 aromatic carbocycles. The van der Waals surface area contributed by atoms with Crippen LogP contribution in [0.5, 0.6) is 0 Å². The van der Waals surface area contributed by atoms with Crippen molar-refractivity contribution in [2.45, 2.75) is 38.9 Å². The van der Waals surface area contributed by atoms with E-state index in [0.717, 1.165) is 19.5 Å². The van der Waals surface area contributed by atoms with E-state index < -0.39 is 0 Å². The van der Waals surface area contributed by atoms with Gasteiger partial charge in [-0.3, -0.25) is 9.10 Å². The summed E-state index contributed by atoms with van der Waals surface area (Å²) >= 11 is 1.69. The normalized spacial score (nSPS) is 28.4. The molecule has 1 saturated heterocycles. The number of rotatable bonds is 1. The van der Waals surface area contributed by atoms with E-state index in [-0.39, 0.29) is 16.1 Å². The molecule has 0 spiro atoms. The fourth-order valence-corrected chi connectivity index (χ4v) is 3.39. The Morgan fingerprint density at radius 3 is 2.35 bits per heavy atom. The molecule has 17 heavy (non-hydrogen) atoms. The van der Waals surface area contributed by atoms with Gasteiger partial charge in [0.2, 0.25) is 5.91 Å². The number of likely N-dealkylation sites (N-methyl/N-ethyl adjacent to an activating group) is 1. The fraction of sp³-hybridized carbons (Fsp3) is 0.769. The molecule has 2 rings (SSSR count). The van der Waals surface area contributed by atoms with Crippen molar-refractivity contribution in [1.29, 1.82) is 0 Å². The molecule has 4 heteroatoms. The van der Waals surface area contributed by atoms with Crippen LogP contribution in [-0.2, 0) is 4.79 Å². The summed E-state index contributed by atoms with van der Waals surface area (Å²) in [7, 11) is 2.11. The van der Waals surface area contributed by atoms with Gasteiger partial charge in [0.1, 0.15) is 0 Å². The van der Waals surface area contributed by atoms with Gasteiger partial charge in [0.05, 0.1) is 5.41 Å². The van der Waals surface area contributed by atoms with Crippen molar-refractivity contribution in [1.82, 2.24) is 9.21 Å². The van der Waals surface area contributed by atoms with Crippen LogP contribution in [0.2, 0.25) is 0 Å². The predicted molar refractivity (Wildman–Crippen MR) is 72.5 cm³/mol. The minimum atomic E-state index is -0.290. The van der Waals surface area contributed by atoms with Crippen LogP contribution >= 0.6 is 11.9 Å². The molecule has 0 N–H and O–H groups in total. The largest absolute Gasteiger partial charge is 0.302 e. The summed E-state index contributed by atoms with van der Waals surface area (Å²) in [4.78, 5) is 14.7. The summed E-state index contributed by atoms with van der Waals surface area (Å²) in [5.74, 6) is 0.253. The molecule has 3 nitrogen and oxygen atoms in total. The number of amides is 1. The molecule has 2 heterocycles. The van der Waals surface area contributed by atoms with E-state index >= 15 is 0 Å². The lowest BCUT2D eigenvalue weighted by Gasteiger charge is -2.28. The van der Waals surface area contributed by atoms with Gasteiger partial charge in [-0.1, -0.05) is 0 Å².